The molecule has 3 rings (SSSR count). The highest BCUT2D eigenvalue weighted by atomic mass is 35.5. The third-order valence-corrected chi connectivity index (χ3v) is 5.98. The number of ether oxygens (including phenoxy) is 3. The molecule has 0 unspecified atom stereocenters. The van der Waals surface area contributed by atoms with Crippen LogP contribution < -0.4 is 14.8 Å². The summed E-state index contributed by atoms with van der Waals surface area (Å²) in [7, 11) is 4.70. The molecule has 188 valence electrons. The van der Waals surface area contributed by atoms with Crippen molar-refractivity contribution >= 4 is 29.3 Å². The molecule has 3 amide bonds. The van der Waals surface area contributed by atoms with Crippen LogP contribution in [0.2, 0.25) is 5.02 Å². The van der Waals surface area contributed by atoms with E-state index in [0.29, 0.717) is 41.8 Å². The lowest BCUT2D eigenvalue weighted by Crippen LogP contribution is -2.47. The number of hydrogen-bond donors (Lipinski definition) is 1. The highest BCUT2D eigenvalue weighted by Crippen LogP contribution is 2.40. The van der Waals surface area contributed by atoms with E-state index in [4.69, 9.17) is 25.8 Å². The van der Waals surface area contributed by atoms with E-state index >= 15 is 0 Å². The summed E-state index contributed by atoms with van der Waals surface area (Å²) in [6.45, 7) is 2.65. The smallest absolute Gasteiger partial charge is 0.317 e. The summed E-state index contributed by atoms with van der Waals surface area (Å²) >= 11 is 6.45. The third kappa shape index (κ3) is 6.23. The maximum Gasteiger partial charge on any atom is 0.317 e. The van der Waals surface area contributed by atoms with E-state index in [-0.39, 0.29) is 25.0 Å². The molecule has 0 saturated heterocycles. The van der Waals surface area contributed by atoms with Gasteiger partial charge in [-0.2, -0.15) is 5.10 Å². The zero-order valence-electron chi connectivity index (χ0n) is 20.4. The number of halogens is 1. The highest BCUT2D eigenvalue weighted by molar-refractivity contribution is 6.34. The largest absolute Gasteiger partial charge is 0.497 e. The summed E-state index contributed by atoms with van der Waals surface area (Å²) in [5.74, 6) is 0.886. The van der Waals surface area contributed by atoms with E-state index in [1.54, 1.807) is 39.5 Å². The first-order valence-electron chi connectivity index (χ1n) is 11.3. The first-order valence-corrected chi connectivity index (χ1v) is 11.7. The lowest BCUT2D eigenvalue weighted by atomic mass is 9.97. The fraction of sp³-hybridized carbons (Fsp3) is 0.400. The molecule has 0 radical (unpaired) electrons. The van der Waals surface area contributed by atoms with Crippen LogP contribution in [0.4, 0.5) is 4.79 Å². The Labute approximate surface area is 210 Å². The van der Waals surface area contributed by atoms with Gasteiger partial charge in [-0.15, -0.1) is 0 Å². The number of urea groups is 1. The summed E-state index contributed by atoms with van der Waals surface area (Å²) < 4.78 is 16.1. The molecule has 1 atom stereocenters. The van der Waals surface area contributed by atoms with Gasteiger partial charge in [-0.05, 0) is 31.2 Å². The zero-order valence-corrected chi connectivity index (χ0v) is 21.2. The van der Waals surface area contributed by atoms with Gasteiger partial charge >= 0.3 is 6.03 Å². The van der Waals surface area contributed by atoms with Gasteiger partial charge in [0.1, 0.15) is 18.0 Å². The summed E-state index contributed by atoms with van der Waals surface area (Å²) in [5.41, 5.74) is 2.16. The lowest BCUT2D eigenvalue weighted by Gasteiger charge is -2.27. The third-order valence-electron chi connectivity index (χ3n) is 5.65. The van der Waals surface area contributed by atoms with Gasteiger partial charge in [-0.1, -0.05) is 29.8 Å². The minimum Gasteiger partial charge on any atom is -0.497 e. The van der Waals surface area contributed by atoms with E-state index in [2.05, 4.69) is 10.4 Å². The summed E-state index contributed by atoms with van der Waals surface area (Å²) in [6.07, 6.45) is 0.415. The van der Waals surface area contributed by atoms with Crippen LogP contribution in [0.1, 0.15) is 30.5 Å². The molecular formula is C25H31ClN4O5. The first-order chi connectivity index (χ1) is 16.9. The Morgan fingerprint density at radius 3 is 2.60 bits per heavy atom. The number of carbonyl (C=O) groups is 2. The van der Waals surface area contributed by atoms with Crippen LogP contribution in [-0.4, -0.2) is 75.1 Å². The standard InChI is InChI=1S/C25H31ClN4O5/c1-5-27-25(32)29(12-13-33-2)16-24(31)30-22(19-14-17(34-3)10-11-23(19)35-4)15-21(28-30)18-8-6-7-9-20(18)26/h6-11,14,22H,5,12-13,15-16H2,1-4H3,(H,27,32)/t22-/m1/s1. The number of benzene rings is 2. The number of amides is 3. The molecule has 1 N–H and O–H groups in total. The normalized spacial score (nSPS) is 14.9. The van der Waals surface area contributed by atoms with Gasteiger partial charge in [0.15, 0.2) is 0 Å². The van der Waals surface area contributed by atoms with Crippen molar-refractivity contribution in [3.05, 3.63) is 58.6 Å². The van der Waals surface area contributed by atoms with Crippen LogP contribution in [0.25, 0.3) is 0 Å². The van der Waals surface area contributed by atoms with Crippen LogP contribution in [0.15, 0.2) is 47.6 Å². The minimum absolute atomic E-state index is 0.169. The first kappa shape index (κ1) is 26.3. The summed E-state index contributed by atoms with van der Waals surface area (Å²) in [6, 6.07) is 12.0. The van der Waals surface area contributed by atoms with Gasteiger partial charge in [0.2, 0.25) is 0 Å². The molecule has 10 heteroatoms. The molecule has 0 fully saturated rings. The van der Waals surface area contributed by atoms with Crippen LogP contribution in [-0.2, 0) is 9.53 Å². The Kier molecular flexibility index (Phi) is 9.33. The zero-order chi connectivity index (χ0) is 25.4. The Bertz CT molecular complexity index is 1080. The maximum absolute atomic E-state index is 13.6. The van der Waals surface area contributed by atoms with Crippen molar-refractivity contribution in [1.29, 1.82) is 0 Å². The van der Waals surface area contributed by atoms with Crippen molar-refractivity contribution in [3.8, 4) is 11.5 Å². The molecule has 0 aliphatic carbocycles. The van der Waals surface area contributed by atoms with Crippen molar-refractivity contribution < 1.29 is 23.8 Å². The number of carbonyl (C=O) groups excluding carboxylic acids is 2. The summed E-state index contributed by atoms with van der Waals surface area (Å²) in [5, 5.41) is 9.37. The van der Waals surface area contributed by atoms with Crippen molar-refractivity contribution in [2.45, 2.75) is 19.4 Å². The topological polar surface area (TPSA) is 92.7 Å². The second kappa shape index (κ2) is 12.4. The SMILES string of the molecule is CCNC(=O)N(CCOC)CC(=O)N1N=C(c2ccccc2Cl)C[C@@H]1c1cc(OC)ccc1OC. The Hall–Kier alpha value is -3.30. The lowest BCUT2D eigenvalue weighted by molar-refractivity contribution is -0.133. The molecular weight excluding hydrogens is 472 g/mol. The quantitative estimate of drug-likeness (QED) is 0.534. The Morgan fingerprint density at radius 1 is 1.17 bits per heavy atom. The monoisotopic (exact) mass is 502 g/mol. The van der Waals surface area contributed by atoms with E-state index in [0.717, 1.165) is 11.1 Å². The fourth-order valence-electron chi connectivity index (χ4n) is 3.89. The number of rotatable bonds is 10. The Balaban J connectivity index is 1.99. The molecule has 0 spiro atoms. The van der Waals surface area contributed by atoms with Crippen LogP contribution in [0, 0.1) is 0 Å². The molecule has 0 saturated carbocycles. The van der Waals surface area contributed by atoms with Gasteiger partial charge in [-0.25, -0.2) is 9.80 Å². The average Bonchev–Trinajstić information content (AvgIpc) is 3.31. The molecule has 0 aromatic heterocycles. The molecule has 0 bridgehead atoms. The molecule has 1 aliphatic rings. The van der Waals surface area contributed by atoms with E-state index < -0.39 is 6.04 Å². The number of hydrazone groups is 1. The van der Waals surface area contributed by atoms with Gasteiger partial charge in [0, 0.05) is 42.8 Å². The molecule has 9 nitrogen and oxygen atoms in total. The number of methoxy groups -OCH3 is 3. The predicted octanol–water partition coefficient (Wildman–Crippen LogP) is 3.71. The maximum atomic E-state index is 13.6. The summed E-state index contributed by atoms with van der Waals surface area (Å²) in [4.78, 5) is 27.6. The van der Waals surface area contributed by atoms with Gasteiger partial charge in [0.05, 0.1) is 32.6 Å². The molecule has 2 aromatic carbocycles. The van der Waals surface area contributed by atoms with Crippen LogP contribution in [0.3, 0.4) is 0 Å². The van der Waals surface area contributed by atoms with Crippen molar-refractivity contribution in [2.24, 2.45) is 5.10 Å². The molecule has 2 aromatic rings. The molecule has 35 heavy (non-hydrogen) atoms. The second-order valence-electron chi connectivity index (χ2n) is 7.84. The van der Waals surface area contributed by atoms with Gasteiger partial charge < -0.3 is 24.4 Å². The van der Waals surface area contributed by atoms with Gasteiger partial charge in [-0.3, -0.25) is 4.79 Å². The van der Waals surface area contributed by atoms with Crippen LogP contribution >= 0.6 is 11.6 Å². The Morgan fingerprint density at radius 2 is 1.94 bits per heavy atom. The molecule has 1 heterocycles. The van der Waals surface area contributed by atoms with E-state index in [9.17, 15) is 9.59 Å². The minimum atomic E-state index is -0.475. The van der Waals surface area contributed by atoms with E-state index in [1.165, 1.54) is 9.91 Å². The number of hydrogen-bond acceptors (Lipinski definition) is 6. The molecule has 1 aliphatic heterocycles. The number of nitrogens with zero attached hydrogens (tertiary/aromatic N) is 3. The average molecular weight is 503 g/mol. The van der Waals surface area contributed by atoms with Crippen molar-refractivity contribution in [1.82, 2.24) is 15.2 Å². The van der Waals surface area contributed by atoms with E-state index in [1.807, 2.05) is 31.2 Å². The van der Waals surface area contributed by atoms with Gasteiger partial charge in [0.25, 0.3) is 5.91 Å². The predicted molar refractivity (Wildman–Crippen MR) is 134 cm³/mol. The number of nitrogens with one attached hydrogen (secondary N) is 1. The van der Waals surface area contributed by atoms with Crippen molar-refractivity contribution in [3.63, 3.8) is 0 Å². The second-order valence-corrected chi connectivity index (χ2v) is 8.25. The highest BCUT2D eigenvalue weighted by Gasteiger charge is 2.36. The fourth-order valence-corrected chi connectivity index (χ4v) is 4.14. The van der Waals surface area contributed by atoms with Crippen LogP contribution in [0.5, 0.6) is 11.5 Å². The van der Waals surface area contributed by atoms with Crippen molar-refractivity contribution in [2.75, 3.05) is 47.6 Å².